The standard InChI is InChI=1S/C20H21N5OS2/c1-12(28-20-24-23-17(14-7-8-14)25(20)15-9-10-15)18(26)22-19-21-16(11-27-19)13-5-3-2-4-6-13/h2-6,11-12,14-15H,7-10H2,1H3,(H,21,22,26)/t12-/m1/s1. The van der Waals surface area contributed by atoms with Crippen LogP contribution in [0.4, 0.5) is 5.13 Å². The van der Waals surface area contributed by atoms with Crippen LogP contribution >= 0.6 is 23.1 Å². The first-order chi connectivity index (χ1) is 13.7. The van der Waals surface area contributed by atoms with Crippen molar-refractivity contribution in [1.29, 1.82) is 0 Å². The fourth-order valence-corrected chi connectivity index (χ4v) is 4.80. The summed E-state index contributed by atoms with van der Waals surface area (Å²) in [6.07, 6.45) is 4.79. The molecule has 3 aromatic rings. The maximum absolute atomic E-state index is 12.7. The Morgan fingerprint density at radius 2 is 2.00 bits per heavy atom. The number of hydrogen-bond donors (Lipinski definition) is 1. The minimum absolute atomic E-state index is 0.0581. The number of nitrogens with one attached hydrogen (secondary N) is 1. The van der Waals surface area contributed by atoms with Gasteiger partial charge in [0.2, 0.25) is 5.91 Å². The predicted octanol–water partition coefficient (Wildman–Crippen LogP) is 4.73. The van der Waals surface area contributed by atoms with E-state index in [1.807, 2.05) is 42.6 Å². The molecule has 0 spiro atoms. The molecular formula is C20H21N5OS2. The van der Waals surface area contributed by atoms with Crippen LogP contribution in [0.15, 0.2) is 40.9 Å². The maximum Gasteiger partial charge on any atom is 0.239 e. The lowest BCUT2D eigenvalue weighted by Gasteiger charge is -2.12. The van der Waals surface area contributed by atoms with Crippen molar-refractivity contribution in [2.24, 2.45) is 0 Å². The molecule has 1 N–H and O–H groups in total. The second kappa shape index (κ2) is 7.33. The lowest BCUT2D eigenvalue weighted by atomic mass is 10.2. The molecule has 5 rings (SSSR count). The Kier molecular flexibility index (Phi) is 4.68. The minimum Gasteiger partial charge on any atom is -0.303 e. The summed E-state index contributed by atoms with van der Waals surface area (Å²) in [4.78, 5) is 17.2. The van der Waals surface area contributed by atoms with Crippen molar-refractivity contribution in [3.8, 4) is 11.3 Å². The summed E-state index contributed by atoms with van der Waals surface area (Å²) >= 11 is 2.93. The van der Waals surface area contributed by atoms with E-state index in [1.165, 1.54) is 48.8 Å². The summed E-state index contributed by atoms with van der Waals surface area (Å²) < 4.78 is 2.28. The lowest BCUT2D eigenvalue weighted by molar-refractivity contribution is -0.115. The second-order valence-electron chi connectivity index (χ2n) is 7.37. The van der Waals surface area contributed by atoms with Crippen LogP contribution in [-0.2, 0) is 4.79 Å². The molecule has 6 nitrogen and oxygen atoms in total. The zero-order valence-electron chi connectivity index (χ0n) is 15.5. The van der Waals surface area contributed by atoms with Crippen molar-refractivity contribution < 1.29 is 4.79 Å². The highest BCUT2D eigenvalue weighted by molar-refractivity contribution is 8.00. The monoisotopic (exact) mass is 411 g/mol. The lowest BCUT2D eigenvalue weighted by Crippen LogP contribution is -2.23. The maximum atomic E-state index is 12.7. The fraction of sp³-hybridized carbons (Fsp3) is 0.400. The molecular weight excluding hydrogens is 390 g/mol. The number of amides is 1. The Morgan fingerprint density at radius 1 is 1.21 bits per heavy atom. The van der Waals surface area contributed by atoms with Gasteiger partial charge in [-0.25, -0.2) is 4.98 Å². The molecule has 1 amide bonds. The summed E-state index contributed by atoms with van der Waals surface area (Å²) in [6, 6.07) is 10.5. The van der Waals surface area contributed by atoms with Gasteiger partial charge in [-0.3, -0.25) is 4.79 Å². The average Bonchev–Trinajstić information content (AvgIpc) is 3.64. The van der Waals surface area contributed by atoms with Gasteiger partial charge in [0, 0.05) is 22.9 Å². The number of nitrogens with zero attached hydrogens (tertiary/aromatic N) is 4. The van der Waals surface area contributed by atoms with Crippen molar-refractivity contribution in [2.75, 3.05) is 5.32 Å². The minimum atomic E-state index is -0.266. The quantitative estimate of drug-likeness (QED) is 0.569. The Labute approximate surface area is 171 Å². The highest BCUT2D eigenvalue weighted by Crippen LogP contribution is 2.46. The zero-order chi connectivity index (χ0) is 19.1. The van der Waals surface area contributed by atoms with Crippen LogP contribution in [0, 0.1) is 0 Å². The van der Waals surface area contributed by atoms with Gasteiger partial charge in [-0.15, -0.1) is 21.5 Å². The average molecular weight is 412 g/mol. The highest BCUT2D eigenvalue weighted by Gasteiger charge is 2.37. The van der Waals surface area contributed by atoms with Crippen molar-refractivity contribution in [3.63, 3.8) is 0 Å². The summed E-state index contributed by atoms with van der Waals surface area (Å²) in [7, 11) is 0. The van der Waals surface area contributed by atoms with E-state index in [1.54, 1.807) is 0 Å². The molecule has 8 heteroatoms. The van der Waals surface area contributed by atoms with Gasteiger partial charge in [0.25, 0.3) is 0 Å². The molecule has 2 aliphatic carbocycles. The summed E-state index contributed by atoms with van der Waals surface area (Å²) in [5.41, 5.74) is 1.93. The third kappa shape index (κ3) is 3.71. The van der Waals surface area contributed by atoms with Gasteiger partial charge in [-0.1, -0.05) is 42.1 Å². The Morgan fingerprint density at radius 3 is 2.71 bits per heavy atom. The second-order valence-corrected chi connectivity index (χ2v) is 9.54. The molecule has 28 heavy (non-hydrogen) atoms. The normalized spacial score (nSPS) is 17.5. The fourth-order valence-electron chi connectivity index (χ4n) is 3.16. The van der Waals surface area contributed by atoms with E-state index in [4.69, 9.17) is 0 Å². The van der Waals surface area contributed by atoms with Gasteiger partial charge in [-0.05, 0) is 32.6 Å². The highest BCUT2D eigenvalue weighted by atomic mass is 32.2. The first-order valence-electron chi connectivity index (χ1n) is 9.62. The number of benzene rings is 1. The van der Waals surface area contributed by atoms with Gasteiger partial charge in [-0.2, -0.15) is 0 Å². The van der Waals surface area contributed by atoms with E-state index in [-0.39, 0.29) is 11.2 Å². The molecule has 2 aromatic heterocycles. The molecule has 1 aromatic carbocycles. The number of aromatic nitrogens is 4. The number of thiazole rings is 1. The zero-order valence-corrected chi connectivity index (χ0v) is 17.2. The van der Waals surface area contributed by atoms with E-state index in [0.717, 1.165) is 22.2 Å². The van der Waals surface area contributed by atoms with Crippen molar-refractivity contribution >= 4 is 34.1 Å². The van der Waals surface area contributed by atoms with Crippen LogP contribution in [0.1, 0.15) is 50.4 Å². The van der Waals surface area contributed by atoms with Gasteiger partial charge < -0.3 is 9.88 Å². The number of thioether (sulfide) groups is 1. The van der Waals surface area contributed by atoms with Crippen LogP contribution in [-0.4, -0.2) is 30.9 Å². The van der Waals surface area contributed by atoms with Crippen LogP contribution in [0.2, 0.25) is 0 Å². The molecule has 0 aliphatic heterocycles. The number of rotatable bonds is 7. The molecule has 0 radical (unpaired) electrons. The summed E-state index contributed by atoms with van der Waals surface area (Å²) in [6.45, 7) is 1.91. The van der Waals surface area contributed by atoms with Gasteiger partial charge in [0.15, 0.2) is 10.3 Å². The third-order valence-electron chi connectivity index (χ3n) is 5.00. The molecule has 0 unspecified atom stereocenters. The first kappa shape index (κ1) is 17.9. The van der Waals surface area contributed by atoms with E-state index < -0.39 is 0 Å². The first-order valence-corrected chi connectivity index (χ1v) is 11.4. The molecule has 0 bridgehead atoms. The van der Waals surface area contributed by atoms with Gasteiger partial charge >= 0.3 is 0 Å². The van der Waals surface area contributed by atoms with Crippen LogP contribution < -0.4 is 5.32 Å². The largest absolute Gasteiger partial charge is 0.303 e. The van der Waals surface area contributed by atoms with E-state index >= 15 is 0 Å². The molecule has 1 atom stereocenters. The smallest absolute Gasteiger partial charge is 0.239 e. The molecule has 2 fully saturated rings. The van der Waals surface area contributed by atoms with E-state index in [0.29, 0.717) is 17.1 Å². The molecule has 144 valence electrons. The van der Waals surface area contributed by atoms with Crippen molar-refractivity contribution in [1.82, 2.24) is 19.7 Å². The van der Waals surface area contributed by atoms with Gasteiger partial charge in [0.1, 0.15) is 5.82 Å². The van der Waals surface area contributed by atoms with Crippen molar-refractivity contribution in [3.05, 3.63) is 41.5 Å². The Balaban J connectivity index is 1.26. The van der Waals surface area contributed by atoms with Gasteiger partial charge in [0.05, 0.1) is 10.9 Å². The Hall–Kier alpha value is -2.19. The topological polar surface area (TPSA) is 72.7 Å². The summed E-state index contributed by atoms with van der Waals surface area (Å²) in [5, 5.41) is 15.0. The SMILES string of the molecule is C[C@@H](Sc1nnc(C2CC2)n1C1CC1)C(=O)Nc1nc(-c2ccccc2)cs1. The third-order valence-corrected chi connectivity index (χ3v) is 6.82. The molecule has 2 saturated carbocycles. The van der Waals surface area contributed by atoms with Crippen LogP contribution in [0.5, 0.6) is 0 Å². The van der Waals surface area contributed by atoms with Crippen LogP contribution in [0.3, 0.4) is 0 Å². The van der Waals surface area contributed by atoms with Crippen molar-refractivity contribution in [2.45, 2.75) is 55.0 Å². The molecule has 2 heterocycles. The van der Waals surface area contributed by atoms with E-state index in [2.05, 4.69) is 25.1 Å². The Bertz CT molecular complexity index is 991. The van der Waals surface area contributed by atoms with Crippen LogP contribution in [0.25, 0.3) is 11.3 Å². The number of anilines is 1. The summed E-state index contributed by atoms with van der Waals surface area (Å²) in [5.74, 6) is 1.63. The number of carbonyl (C=O) groups is 1. The predicted molar refractivity (Wildman–Crippen MR) is 112 cm³/mol. The molecule has 2 aliphatic rings. The van der Waals surface area contributed by atoms with E-state index in [9.17, 15) is 4.79 Å². The number of carbonyl (C=O) groups excluding carboxylic acids is 1. The molecule has 0 saturated heterocycles. The number of hydrogen-bond acceptors (Lipinski definition) is 6.